The minimum Gasteiger partial charge on any atom is -0.352 e. The number of hydrogen-bond donors (Lipinski definition) is 2. The Bertz CT molecular complexity index is 587. The van der Waals surface area contributed by atoms with Crippen molar-refractivity contribution in [3.8, 4) is 0 Å². The minimum absolute atomic E-state index is 0.334. The summed E-state index contributed by atoms with van der Waals surface area (Å²) in [4.78, 5) is 15.1. The van der Waals surface area contributed by atoms with Crippen LogP contribution < -0.4 is 11.1 Å². The molecular weight excluding hydrogens is 218 g/mol. The van der Waals surface area contributed by atoms with Crippen LogP contribution in [0.1, 0.15) is 17.0 Å². The fourth-order valence-electron chi connectivity index (χ4n) is 1.99. The lowest BCUT2D eigenvalue weighted by Crippen LogP contribution is -2.29. The van der Waals surface area contributed by atoms with Crippen LogP contribution in [0.4, 0.5) is 4.79 Å². The smallest absolute Gasteiger partial charge is 0.312 e. The van der Waals surface area contributed by atoms with Crippen LogP contribution in [0.25, 0.3) is 11.0 Å². The molecule has 0 atom stereocenters. The predicted molar refractivity (Wildman–Crippen MR) is 64.4 cm³/mol. The van der Waals surface area contributed by atoms with E-state index in [0.29, 0.717) is 6.54 Å². The van der Waals surface area contributed by atoms with Crippen LogP contribution in [0.5, 0.6) is 0 Å². The van der Waals surface area contributed by atoms with Crippen molar-refractivity contribution in [3.63, 3.8) is 0 Å². The Balaban J connectivity index is 2.47. The molecule has 2 aromatic heterocycles. The molecule has 90 valence electrons. The molecule has 0 aliphatic rings. The maximum Gasteiger partial charge on any atom is 0.312 e. The lowest BCUT2D eigenvalue weighted by molar-refractivity contribution is 0.248. The Hall–Kier alpha value is -2.11. The summed E-state index contributed by atoms with van der Waals surface area (Å²) in [5.74, 6) is 0. The van der Waals surface area contributed by atoms with E-state index in [0.717, 1.165) is 28.0 Å². The van der Waals surface area contributed by atoms with Crippen molar-refractivity contribution < 1.29 is 4.79 Å². The van der Waals surface area contributed by atoms with Gasteiger partial charge in [-0.15, -0.1) is 0 Å². The van der Waals surface area contributed by atoms with E-state index in [4.69, 9.17) is 5.73 Å². The number of nitrogens with two attached hydrogens (primary N) is 1. The number of pyridine rings is 1. The van der Waals surface area contributed by atoms with Gasteiger partial charge < -0.3 is 11.1 Å². The lowest BCUT2D eigenvalue weighted by Gasteiger charge is -2.05. The third-order valence-electron chi connectivity index (χ3n) is 2.65. The Kier molecular flexibility index (Phi) is 2.71. The molecule has 0 spiro atoms. The largest absolute Gasteiger partial charge is 0.352 e. The van der Waals surface area contributed by atoms with Gasteiger partial charge in [0.2, 0.25) is 0 Å². The molecule has 0 saturated heterocycles. The number of carbonyl (C=O) groups is 1. The first-order valence-electron chi connectivity index (χ1n) is 5.32. The maximum absolute atomic E-state index is 10.7. The second-order valence-electron chi connectivity index (χ2n) is 4.05. The molecule has 0 aliphatic heterocycles. The van der Waals surface area contributed by atoms with Crippen molar-refractivity contribution in [2.75, 3.05) is 0 Å². The summed E-state index contributed by atoms with van der Waals surface area (Å²) < 4.78 is 1.82. The van der Waals surface area contributed by atoms with Crippen LogP contribution in [0.15, 0.2) is 6.07 Å². The quantitative estimate of drug-likeness (QED) is 0.802. The zero-order valence-corrected chi connectivity index (χ0v) is 10.1. The van der Waals surface area contributed by atoms with E-state index in [1.54, 1.807) is 0 Å². The van der Waals surface area contributed by atoms with E-state index in [1.807, 2.05) is 31.6 Å². The molecule has 0 unspecified atom stereocenters. The fraction of sp³-hybridized carbons (Fsp3) is 0.364. The van der Waals surface area contributed by atoms with Gasteiger partial charge in [-0.25, -0.2) is 9.78 Å². The lowest BCUT2D eigenvalue weighted by atomic mass is 10.2. The van der Waals surface area contributed by atoms with Crippen molar-refractivity contribution in [2.24, 2.45) is 12.8 Å². The molecule has 0 aromatic carbocycles. The van der Waals surface area contributed by atoms with Crippen LogP contribution in [-0.2, 0) is 13.6 Å². The first-order chi connectivity index (χ1) is 7.99. The van der Waals surface area contributed by atoms with Gasteiger partial charge in [0.25, 0.3) is 0 Å². The number of carbonyl (C=O) groups excluding carboxylic acids is 1. The summed E-state index contributed by atoms with van der Waals surface area (Å²) in [6.45, 7) is 4.25. The highest BCUT2D eigenvalue weighted by Crippen LogP contribution is 2.19. The molecule has 2 heterocycles. The first kappa shape index (κ1) is 11.4. The Morgan fingerprint density at radius 1 is 1.53 bits per heavy atom. The Morgan fingerprint density at radius 3 is 2.88 bits per heavy atom. The molecule has 0 fully saturated rings. The highest BCUT2D eigenvalue weighted by atomic mass is 16.2. The van der Waals surface area contributed by atoms with E-state index < -0.39 is 6.03 Å². The number of nitrogens with zero attached hydrogens (tertiary/aromatic N) is 3. The van der Waals surface area contributed by atoms with Gasteiger partial charge in [-0.05, 0) is 25.5 Å². The summed E-state index contributed by atoms with van der Waals surface area (Å²) in [5, 5.41) is 6.86. The van der Waals surface area contributed by atoms with E-state index >= 15 is 0 Å². The monoisotopic (exact) mass is 233 g/mol. The zero-order chi connectivity index (χ0) is 12.6. The first-order valence-corrected chi connectivity index (χ1v) is 5.32. The molecule has 6 nitrogen and oxygen atoms in total. The molecule has 2 rings (SSSR count). The number of urea groups is 1. The highest BCUT2D eigenvalue weighted by molar-refractivity contribution is 5.81. The van der Waals surface area contributed by atoms with Crippen LogP contribution in [0.3, 0.4) is 0 Å². The maximum atomic E-state index is 10.7. The number of aryl methyl sites for hydroxylation is 3. The van der Waals surface area contributed by atoms with Crippen molar-refractivity contribution >= 4 is 17.1 Å². The van der Waals surface area contributed by atoms with Crippen LogP contribution in [0, 0.1) is 13.8 Å². The Morgan fingerprint density at radius 2 is 2.24 bits per heavy atom. The summed E-state index contributed by atoms with van der Waals surface area (Å²) in [5.41, 5.74) is 9.66. The number of primary amides is 1. The third kappa shape index (κ3) is 2.06. The second-order valence-corrected chi connectivity index (χ2v) is 4.05. The number of aromatic nitrogens is 3. The van der Waals surface area contributed by atoms with Gasteiger partial charge in [-0.1, -0.05) is 0 Å². The summed E-state index contributed by atoms with van der Waals surface area (Å²) in [7, 11) is 1.89. The van der Waals surface area contributed by atoms with Crippen LogP contribution in [-0.4, -0.2) is 20.8 Å². The molecule has 3 N–H and O–H groups in total. The number of amides is 2. The minimum atomic E-state index is -0.549. The van der Waals surface area contributed by atoms with E-state index in [9.17, 15) is 4.79 Å². The van der Waals surface area contributed by atoms with E-state index in [-0.39, 0.29) is 0 Å². The summed E-state index contributed by atoms with van der Waals surface area (Å²) in [6.07, 6.45) is 0. The van der Waals surface area contributed by atoms with Crippen LogP contribution >= 0.6 is 0 Å². The molecule has 2 amide bonds. The molecule has 0 radical (unpaired) electrons. The van der Waals surface area contributed by atoms with Gasteiger partial charge in [0.15, 0.2) is 0 Å². The van der Waals surface area contributed by atoms with Crippen molar-refractivity contribution in [1.29, 1.82) is 0 Å². The van der Waals surface area contributed by atoms with Gasteiger partial charge in [0.1, 0.15) is 5.52 Å². The second kappa shape index (κ2) is 4.04. The molecule has 2 aromatic rings. The van der Waals surface area contributed by atoms with Gasteiger partial charge in [-0.2, -0.15) is 5.10 Å². The summed E-state index contributed by atoms with van der Waals surface area (Å²) >= 11 is 0. The number of nitrogens with one attached hydrogen (secondary N) is 1. The fourth-order valence-corrected chi connectivity index (χ4v) is 1.99. The molecule has 0 bridgehead atoms. The number of fused-ring (bicyclic) bond motifs is 1. The normalized spacial score (nSPS) is 10.8. The average Bonchev–Trinajstić information content (AvgIpc) is 2.52. The standard InChI is InChI=1S/C11H15N5O/c1-6-4-8(5-13-11(12)17)14-9-7(2)15-16(3)10(6)9/h4H,5H2,1-3H3,(H3,12,13,17). The number of rotatable bonds is 2. The zero-order valence-electron chi connectivity index (χ0n) is 10.1. The van der Waals surface area contributed by atoms with Crippen molar-refractivity contribution in [3.05, 3.63) is 23.0 Å². The van der Waals surface area contributed by atoms with Gasteiger partial charge in [0.05, 0.1) is 23.4 Å². The van der Waals surface area contributed by atoms with Gasteiger partial charge >= 0.3 is 6.03 Å². The SMILES string of the molecule is Cc1nn(C)c2c(C)cc(CNC(N)=O)nc12. The number of hydrogen-bond acceptors (Lipinski definition) is 3. The van der Waals surface area contributed by atoms with Crippen molar-refractivity contribution in [2.45, 2.75) is 20.4 Å². The van der Waals surface area contributed by atoms with Gasteiger partial charge in [0, 0.05) is 7.05 Å². The van der Waals surface area contributed by atoms with Crippen molar-refractivity contribution in [1.82, 2.24) is 20.1 Å². The summed E-state index contributed by atoms with van der Waals surface area (Å²) in [6, 6.07) is 1.38. The molecule has 17 heavy (non-hydrogen) atoms. The average molecular weight is 233 g/mol. The van der Waals surface area contributed by atoms with Gasteiger partial charge in [-0.3, -0.25) is 4.68 Å². The third-order valence-corrected chi connectivity index (χ3v) is 2.65. The molecular formula is C11H15N5O. The predicted octanol–water partition coefficient (Wildman–Crippen LogP) is 0.753. The molecule has 6 heteroatoms. The molecule has 0 saturated carbocycles. The topological polar surface area (TPSA) is 85.8 Å². The Labute approximate surface area is 98.8 Å². The van der Waals surface area contributed by atoms with Crippen LogP contribution in [0.2, 0.25) is 0 Å². The van der Waals surface area contributed by atoms with E-state index in [2.05, 4.69) is 15.4 Å². The van der Waals surface area contributed by atoms with E-state index in [1.165, 1.54) is 0 Å². The highest BCUT2D eigenvalue weighted by Gasteiger charge is 2.10. The molecule has 0 aliphatic carbocycles.